The van der Waals surface area contributed by atoms with E-state index in [2.05, 4.69) is 6.92 Å². The molecular formula is C11H19NO4. The molecule has 1 heterocycles. The number of rotatable bonds is 6. The number of unbranched alkanes of at least 4 members (excludes halogenated alkanes) is 1. The van der Waals surface area contributed by atoms with Gasteiger partial charge >= 0.3 is 5.97 Å². The van der Waals surface area contributed by atoms with Gasteiger partial charge in [-0.25, -0.2) is 0 Å². The van der Waals surface area contributed by atoms with Crippen molar-refractivity contribution in [2.45, 2.75) is 26.2 Å². The number of hydrogen-bond acceptors (Lipinski definition) is 3. The van der Waals surface area contributed by atoms with E-state index in [1.807, 2.05) is 0 Å². The molecule has 0 radical (unpaired) electrons. The Morgan fingerprint density at radius 3 is 2.81 bits per heavy atom. The molecule has 5 nitrogen and oxygen atoms in total. The van der Waals surface area contributed by atoms with Crippen molar-refractivity contribution < 1.29 is 19.4 Å². The molecule has 1 rings (SSSR count). The topological polar surface area (TPSA) is 66.8 Å². The summed E-state index contributed by atoms with van der Waals surface area (Å²) in [6.45, 7) is 3.59. The van der Waals surface area contributed by atoms with Crippen LogP contribution in [0.5, 0.6) is 0 Å². The highest BCUT2D eigenvalue weighted by atomic mass is 16.5. The van der Waals surface area contributed by atoms with Crippen molar-refractivity contribution in [3.8, 4) is 0 Å². The average Bonchev–Trinajstić information content (AvgIpc) is 2.73. The fraction of sp³-hybridized carbons (Fsp3) is 0.818. The van der Waals surface area contributed by atoms with Gasteiger partial charge in [0.1, 0.15) is 6.61 Å². The summed E-state index contributed by atoms with van der Waals surface area (Å²) in [5, 5.41) is 8.79. The van der Waals surface area contributed by atoms with Crippen LogP contribution in [0.15, 0.2) is 0 Å². The van der Waals surface area contributed by atoms with Crippen LogP contribution in [0.2, 0.25) is 0 Å². The standard InChI is InChI=1S/C11H19NO4/c1-2-3-6-16-8-10(13)12-5-4-9(7-12)11(14)15/h9H,2-8H2,1H3,(H,14,15). The molecule has 1 aliphatic rings. The minimum Gasteiger partial charge on any atom is -0.481 e. The van der Waals surface area contributed by atoms with E-state index in [4.69, 9.17) is 9.84 Å². The Hall–Kier alpha value is -1.10. The minimum absolute atomic E-state index is 0.0757. The normalized spacial score (nSPS) is 20.1. The molecule has 1 unspecified atom stereocenters. The number of amides is 1. The second kappa shape index (κ2) is 6.48. The molecule has 16 heavy (non-hydrogen) atoms. The number of hydrogen-bond donors (Lipinski definition) is 1. The van der Waals surface area contributed by atoms with Crippen molar-refractivity contribution in [1.29, 1.82) is 0 Å². The third kappa shape index (κ3) is 3.81. The zero-order chi connectivity index (χ0) is 12.0. The average molecular weight is 229 g/mol. The molecule has 1 atom stereocenters. The maximum atomic E-state index is 11.6. The zero-order valence-corrected chi connectivity index (χ0v) is 9.65. The molecule has 0 bridgehead atoms. The maximum absolute atomic E-state index is 11.6. The van der Waals surface area contributed by atoms with Crippen molar-refractivity contribution in [2.24, 2.45) is 5.92 Å². The van der Waals surface area contributed by atoms with E-state index in [1.54, 1.807) is 4.90 Å². The van der Waals surface area contributed by atoms with Crippen LogP contribution in [-0.2, 0) is 14.3 Å². The smallest absolute Gasteiger partial charge is 0.308 e. The number of carbonyl (C=O) groups is 2. The Bertz CT molecular complexity index is 254. The van der Waals surface area contributed by atoms with Crippen LogP contribution < -0.4 is 0 Å². The van der Waals surface area contributed by atoms with Crippen LogP contribution in [0.4, 0.5) is 0 Å². The summed E-state index contributed by atoms with van der Waals surface area (Å²) >= 11 is 0. The third-order valence-corrected chi connectivity index (χ3v) is 2.76. The largest absolute Gasteiger partial charge is 0.481 e. The Kier molecular flexibility index (Phi) is 5.25. The molecule has 1 fully saturated rings. The summed E-state index contributed by atoms with van der Waals surface area (Å²) in [5.41, 5.74) is 0. The monoisotopic (exact) mass is 229 g/mol. The van der Waals surface area contributed by atoms with Gasteiger partial charge in [-0.2, -0.15) is 0 Å². The molecule has 0 saturated carbocycles. The molecule has 1 aliphatic heterocycles. The van der Waals surface area contributed by atoms with Crippen LogP contribution in [0.25, 0.3) is 0 Å². The van der Waals surface area contributed by atoms with Crippen LogP contribution in [0.3, 0.4) is 0 Å². The van der Waals surface area contributed by atoms with E-state index < -0.39 is 11.9 Å². The molecule has 0 aromatic rings. The van der Waals surface area contributed by atoms with Crippen molar-refractivity contribution in [3.63, 3.8) is 0 Å². The molecule has 0 aromatic carbocycles. The fourth-order valence-corrected chi connectivity index (χ4v) is 1.69. The van der Waals surface area contributed by atoms with E-state index in [9.17, 15) is 9.59 Å². The molecule has 1 N–H and O–H groups in total. The summed E-state index contributed by atoms with van der Waals surface area (Å²) < 4.78 is 5.21. The van der Waals surface area contributed by atoms with E-state index in [-0.39, 0.29) is 12.5 Å². The lowest BCUT2D eigenvalue weighted by atomic mass is 10.1. The second-order valence-corrected chi connectivity index (χ2v) is 4.07. The second-order valence-electron chi connectivity index (χ2n) is 4.07. The lowest BCUT2D eigenvalue weighted by Gasteiger charge is -2.15. The van der Waals surface area contributed by atoms with Crippen molar-refractivity contribution in [2.75, 3.05) is 26.3 Å². The van der Waals surface area contributed by atoms with E-state index in [1.165, 1.54) is 0 Å². The first-order valence-electron chi connectivity index (χ1n) is 5.73. The highest BCUT2D eigenvalue weighted by molar-refractivity contribution is 5.79. The fourth-order valence-electron chi connectivity index (χ4n) is 1.69. The first-order valence-corrected chi connectivity index (χ1v) is 5.73. The van der Waals surface area contributed by atoms with Gasteiger partial charge in [-0.1, -0.05) is 13.3 Å². The van der Waals surface area contributed by atoms with Crippen molar-refractivity contribution in [3.05, 3.63) is 0 Å². The van der Waals surface area contributed by atoms with Crippen LogP contribution >= 0.6 is 0 Å². The highest BCUT2D eigenvalue weighted by Gasteiger charge is 2.30. The lowest BCUT2D eigenvalue weighted by Crippen LogP contribution is -2.33. The molecule has 1 saturated heterocycles. The van der Waals surface area contributed by atoms with Crippen molar-refractivity contribution >= 4 is 11.9 Å². The number of likely N-dealkylation sites (tertiary alicyclic amines) is 1. The van der Waals surface area contributed by atoms with Crippen LogP contribution in [0, 0.1) is 5.92 Å². The first kappa shape index (κ1) is 13.0. The predicted octanol–water partition coefficient (Wildman–Crippen LogP) is 0.736. The van der Waals surface area contributed by atoms with E-state index in [0.717, 1.165) is 12.8 Å². The summed E-state index contributed by atoms with van der Waals surface area (Å²) in [6, 6.07) is 0. The van der Waals surface area contributed by atoms with Gasteiger partial charge in [-0.15, -0.1) is 0 Å². The Balaban J connectivity index is 2.20. The van der Waals surface area contributed by atoms with Gasteiger partial charge in [-0.05, 0) is 12.8 Å². The zero-order valence-electron chi connectivity index (χ0n) is 9.65. The van der Waals surface area contributed by atoms with Crippen molar-refractivity contribution in [1.82, 2.24) is 4.90 Å². The molecular weight excluding hydrogens is 210 g/mol. The van der Waals surface area contributed by atoms with Gasteiger partial charge in [0.15, 0.2) is 0 Å². The number of carbonyl (C=O) groups excluding carboxylic acids is 1. The molecule has 0 spiro atoms. The first-order chi connectivity index (χ1) is 7.65. The van der Waals surface area contributed by atoms with Crippen LogP contribution in [-0.4, -0.2) is 48.2 Å². The van der Waals surface area contributed by atoms with Gasteiger partial charge in [0.05, 0.1) is 5.92 Å². The molecule has 1 amide bonds. The highest BCUT2D eigenvalue weighted by Crippen LogP contribution is 2.16. The quantitative estimate of drug-likeness (QED) is 0.682. The number of carboxylic acids is 1. The SMILES string of the molecule is CCCCOCC(=O)N1CCC(C(=O)O)C1. The van der Waals surface area contributed by atoms with E-state index in [0.29, 0.717) is 26.1 Å². The summed E-state index contributed by atoms with van der Waals surface area (Å²) in [7, 11) is 0. The maximum Gasteiger partial charge on any atom is 0.308 e. The summed E-state index contributed by atoms with van der Waals surface area (Å²) in [6.07, 6.45) is 2.54. The minimum atomic E-state index is -0.817. The number of nitrogens with zero attached hydrogens (tertiary/aromatic N) is 1. The molecule has 0 aliphatic carbocycles. The molecule has 5 heteroatoms. The van der Waals surface area contributed by atoms with Gasteiger partial charge in [0.25, 0.3) is 0 Å². The van der Waals surface area contributed by atoms with Crippen LogP contribution in [0.1, 0.15) is 26.2 Å². The molecule has 0 aromatic heterocycles. The molecule has 92 valence electrons. The third-order valence-electron chi connectivity index (χ3n) is 2.76. The Labute approximate surface area is 95.4 Å². The van der Waals surface area contributed by atoms with Gasteiger partial charge < -0.3 is 14.7 Å². The predicted molar refractivity (Wildman–Crippen MR) is 58.0 cm³/mol. The summed E-state index contributed by atoms with van der Waals surface area (Å²) in [5.74, 6) is -1.32. The number of carboxylic acid groups (broad SMARTS) is 1. The van der Waals surface area contributed by atoms with E-state index >= 15 is 0 Å². The van der Waals surface area contributed by atoms with Gasteiger partial charge in [0.2, 0.25) is 5.91 Å². The Morgan fingerprint density at radius 2 is 2.25 bits per heavy atom. The van der Waals surface area contributed by atoms with Gasteiger partial charge in [0, 0.05) is 19.7 Å². The van der Waals surface area contributed by atoms with Gasteiger partial charge in [-0.3, -0.25) is 9.59 Å². The lowest BCUT2D eigenvalue weighted by molar-refractivity contribution is -0.141. The number of aliphatic carboxylic acids is 1. The Morgan fingerprint density at radius 1 is 1.50 bits per heavy atom. The summed E-state index contributed by atoms with van der Waals surface area (Å²) in [4.78, 5) is 23.9. The number of ether oxygens (including phenoxy) is 1.